The highest BCUT2D eigenvalue weighted by Crippen LogP contribution is 2.39. The van der Waals surface area contributed by atoms with E-state index in [-0.39, 0.29) is 0 Å². The third-order valence-electron chi connectivity index (χ3n) is 5.13. The minimum atomic E-state index is 0.768. The minimum absolute atomic E-state index is 0.768. The fourth-order valence-corrected chi connectivity index (χ4v) is 4.93. The summed E-state index contributed by atoms with van der Waals surface area (Å²) in [5.41, 5.74) is 1.50. The second kappa shape index (κ2) is 7.33. The molecule has 4 rings (SSSR count). The molecule has 1 N–H and O–H groups in total. The summed E-state index contributed by atoms with van der Waals surface area (Å²) in [4.78, 5) is 14.2. The lowest BCUT2D eigenvalue weighted by Crippen LogP contribution is -2.37. The number of fused-ring (bicyclic) bond motifs is 3. The van der Waals surface area contributed by atoms with Crippen LogP contribution in [0.15, 0.2) is 6.33 Å². The number of thiophene rings is 1. The molecular formula is C18H26N4OS. The van der Waals surface area contributed by atoms with Crippen molar-refractivity contribution in [3.63, 3.8) is 0 Å². The molecule has 0 aromatic carbocycles. The standard InChI is InChI=1S/C18H26N4OS/c1-13-3-4-15-14(11-13)16-17(20-12-21-18(16)24-15)19-5-2-6-22-7-9-23-10-8-22/h12-13H,2-11H2,1H3,(H,19,20,21). The summed E-state index contributed by atoms with van der Waals surface area (Å²) in [6.07, 6.45) is 6.51. The zero-order valence-corrected chi connectivity index (χ0v) is 15.2. The summed E-state index contributed by atoms with van der Waals surface area (Å²) < 4.78 is 5.40. The minimum Gasteiger partial charge on any atom is -0.379 e. The van der Waals surface area contributed by atoms with Crippen molar-refractivity contribution in [2.75, 3.05) is 44.7 Å². The van der Waals surface area contributed by atoms with Gasteiger partial charge in [0.15, 0.2) is 0 Å². The molecule has 0 bridgehead atoms. The fourth-order valence-electron chi connectivity index (χ4n) is 3.75. The van der Waals surface area contributed by atoms with Crippen molar-refractivity contribution >= 4 is 27.4 Å². The highest BCUT2D eigenvalue weighted by Gasteiger charge is 2.23. The Morgan fingerprint density at radius 1 is 1.33 bits per heavy atom. The maximum Gasteiger partial charge on any atom is 0.138 e. The van der Waals surface area contributed by atoms with Crippen LogP contribution >= 0.6 is 11.3 Å². The molecule has 1 unspecified atom stereocenters. The van der Waals surface area contributed by atoms with Gasteiger partial charge < -0.3 is 10.1 Å². The third-order valence-corrected chi connectivity index (χ3v) is 6.33. The van der Waals surface area contributed by atoms with Crippen molar-refractivity contribution in [3.8, 4) is 0 Å². The summed E-state index contributed by atoms with van der Waals surface area (Å²) in [7, 11) is 0. The Hall–Kier alpha value is -1.24. The van der Waals surface area contributed by atoms with Crippen molar-refractivity contribution in [2.24, 2.45) is 5.92 Å². The number of aryl methyl sites for hydroxylation is 1. The van der Waals surface area contributed by atoms with E-state index in [2.05, 4.69) is 27.1 Å². The van der Waals surface area contributed by atoms with E-state index in [0.717, 1.165) is 62.4 Å². The molecule has 2 aromatic rings. The zero-order valence-electron chi connectivity index (χ0n) is 14.4. The lowest BCUT2D eigenvalue weighted by molar-refractivity contribution is 0.0378. The summed E-state index contributed by atoms with van der Waals surface area (Å²) in [5, 5.41) is 4.86. The van der Waals surface area contributed by atoms with Gasteiger partial charge in [-0.2, -0.15) is 0 Å². The summed E-state index contributed by atoms with van der Waals surface area (Å²) in [5.74, 6) is 1.80. The van der Waals surface area contributed by atoms with Crippen LogP contribution in [0.4, 0.5) is 5.82 Å². The Morgan fingerprint density at radius 2 is 2.21 bits per heavy atom. The number of nitrogens with one attached hydrogen (secondary N) is 1. The first-order chi connectivity index (χ1) is 11.8. The first-order valence-corrected chi connectivity index (χ1v) is 9.92. The molecule has 130 valence electrons. The summed E-state index contributed by atoms with van der Waals surface area (Å²) in [6.45, 7) is 8.32. The smallest absolute Gasteiger partial charge is 0.138 e. The van der Waals surface area contributed by atoms with Gasteiger partial charge in [-0.1, -0.05) is 6.92 Å². The Bertz CT molecular complexity index is 696. The number of anilines is 1. The highest BCUT2D eigenvalue weighted by atomic mass is 32.1. The van der Waals surface area contributed by atoms with Crippen LogP contribution < -0.4 is 5.32 Å². The number of aromatic nitrogens is 2. The van der Waals surface area contributed by atoms with Crippen molar-refractivity contribution in [1.29, 1.82) is 0 Å². The molecule has 1 aliphatic carbocycles. The summed E-state index contributed by atoms with van der Waals surface area (Å²) in [6, 6.07) is 0. The molecule has 1 aliphatic heterocycles. The number of hydrogen-bond donors (Lipinski definition) is 1. The lowest BCUT2D eigenvalue weighted by Gasteiger charge is -2.26. The number of nitrogens with zero attached hydrogens (tertiary/aromatic N) is 3. The molecule has 1 atom stereocenters. The molecule has 5 nitrogen and oxygen atoms in total. The molecule has 3 heterocycles. The van der Waals surface area contributed by atoms with Crippen LogP contribution in [-0.2, 0) is 17.6 Å². The maximum absolute atomic E-state index is 5.40. The average molecular weight is 347 g/mol. The molecule has 1 saturated heterocycles. The van der Waals surface area contributed by atoms with E-state index in [0.29, 0.717) is 0 Å². The van der Waals surface area contributed by atoms with Crippen LogP contribution in [-0.4, -0.2) is 54.3 Å². The predicted octanol–water partition coefficient (Wildman–Crippen LogP) is 2.95. The Labute approximate surface area is 147 Å². The number of morpholine rings is 1. The quantitative estimate of drug-likeness (QED) is 0.844. The second-order valence-corrected chi connectivity index (χ2v) is 8.07. The van der Waals surface area contributed by atoms with E-state index in [9.17, 15) is 0 Å². The van der Waals surface area contributed by atoms with Crippen LogP contribution in [0.5, 0.6) is 0 Å². The number of hydrogen-bond acceptors (Lipinski definition) is 6. The SMILES string of the molecule is CC1CCc2sc3ncnc(NCCCN4CCOCC4)c3c2C1. The number of rotatable bonds is 5. The van der Waals surface area contributed by atoms with E-state index in [1.54, 1.807) is 6.33 Å². The van der Waals surface area contributed by atoms with Crippen LogP contribution in [0.2, 0.25) is 0 Å². The second-order valence-electron chi connectivity index (χ2n) is 6.99. The van der Waals surface area contributed by atoms with Crippen LogP contribution in [0.3, 0.4) is 0 Å². The lowest BCUT2D eigenvalue weighted by atomic mass is 9.88. The Morgan fingerprint density at radius 3 is 3.08 bits per heavy atom. The van der Waals surface area contributed by atoms with Crippen molar-refractivity contribution in [3.05, 3.63) is 16.8 Å². The van der Waals surface area contributed by atoms with E-state index in [1.807, 2.05) is 11.3 Å². The summed E-state index contributed by atoms with van der Waals surface area (Å²) >= 11 is 1.86. The molecule has 0 radical (unpaired) electrons. The third kappa shape index (κ3) is 3.41. The normalized spacial score (nSPS) is 21.8. The Balaban J connectivity index is 1.43. The molecule has 6 heteroatoms. The predicted molar refractivity (Wildman–Crippen MR) is 99.0 cm³/mol. The first kappa shape index (κ1) is 16.2. The van der Waals surface area contributed by atoms with E-state index >= 15 is 0 Å². The van der Waals surface area contributed by atoms with Crippen LogP contribution in [0.1, 0.15) is 30.2 Å². The van der Waals surface area contributed by atoms with Gasteiger partial charge in [0, 0.05) is 24.5 Å². The molecule has 0 spiro atoms. The molecular weight excluding hydrogens is 320 g/mol. The molecule has 2 aromatic heterocycles. The molecule has 24 heavy (non-hydrogen) atoms. The molecule has 0 amide bonds. The van der Waals surface area contributed by atoms with Gasteiger partial charge in [-0.25, -0.2) is 9.97 Å². The monoisotopic (exact) mass is 346 g/mol. The first-order valence-electron chi connectivity index (χ1n) is 9.10. The topological polar surface area (TPSA) is 50.3 Å². The number of ether oxygens (including phenoxy) is 1. The average Bonchev–Trinajstić information content (AvgIpc) is 2.98. The van der Waals surface area contributed by atoms with Crippen molar-refractivity contribution in [1.82, 2.24) is 14.9 Å². The van der Waals surface area contributed by atoms with E-state index in [4.69, 9.17) is 4.74 Å². The van der Waals surface area contributed by atoms with Crippen LogP contribution in [0.25, 0.3) is 10.2 Å². The van der Waals surface area contributed by atoms with Gasteiger partial charge in [-0.3, -0.25) is 4.90 Å². The van der Waals surface area contributed by atoms with Gasteiger partial charge in [-0.05, 0) is 43.7 Å². The molecule has 0 saturated carbocycles. The van der Waals surface area contributed by atoms with Gasteiger partial charge in [0.2, 0.25) is 0 Å². The van der Waals surface area contributed by atoms with Gasteiger partial charge in [0.25, 0.3) is 0 Å². The largest absolute Gasteiger partial charge is 0.379 e. The van der Waals surface area contributed by atoms with Crippen LogP contribution in [0, 0.1) is 5.92 Å². The van der Waals surface area contributed by atoms with Gasteiger partial charge in [-0.15, -0.1) is 11.3 Å². The van der Waals surface area contributed by atoms with E-state index < -0.39 is 0 Å². The highest BCUT2D eigenvalue weighted by molar-refractivity contribution is 7.19. The van der Waals surface area contributed by atoms with Gasteiger partial charge >= 0.3 is 0 Å². The van der Waals surface area contributed by atoms with Crippen molar-refractivity contribution in [2.45, 2.75) is 32.6 Å². The van der Waals surface area contributed by atoms with Crippen molar-refractivity contribution < 1.29 is 4.74 Å². The maximum atomic E-state index is 5.40. The fraction of sp³-hybridized carbons (Fsp3) is 0.667. The zero-order chi connectivity index (χ0) is 16.4. The Kier molecular flexibility index (Phi) is 4.96. The van der Waals surface area contributed by atoms with Gasteiger partial charge in [0.05, 0.1) is 18.6 Å². The molecule has 1 fully saturated rings. The molecule has 2 aliphatic rings. The van der Waals surface area contributed by atoms with E-state index in [1.165, 1.54) is 35.1 Å². The van der Waals surface area contributed by atoms with Gasteiger partial charge in [0.1, 0.15) is 17.0 Å².